The van der Waals surface area contributed by atoms with Crippen LogP contribution < -0.4 is 4.90 Å². The fraction of sp³-hybridized carbons (Fsp3) is 0.556. The summed E-state index contributed by atoms with van der Waals surface area (Å²) in [5.41, 5.74) is 0. The average Bonchev–Trinajstić information content (AvgIpc) is 2.71. The van der Waals surface area contributed by atoms with E-state index < -0.39 is 0 Å². The minimum absolute atomic E-state index is 0.229. The predicted molar refractivity (Wildman–Crippen MR) is 59.9 cm³/mol. The van der Waals surface area contributed by atoms with Gasteiger partial charge in [-0.1, -0.05) is 29.9 Å². The maximum absolute atomic E-state index is 10.6. The van der Waals surface area contributed by atoms with Gasteiger partial charge < -0.3 is 10.0 Å². The number of hydrogen-bond donors (Lipinski definition) is 1. The summed E-state index contributed by atoms with van der Waals surface area (Å²) < 4.78 is 0. The molecule has 15 heavy (non-hydrogen) atoms. The van der Waals surface area contributed by atoms with Gasteiger partial charge in [-0.2, -0.15) is 0 Å². The molecule has 82 valence electrons. The number of anilines is 1. The molecular formula is C9H11ClN2O2S. The van der Waals surface area contributed by atoms with Crippen molar-refractivity contribution >= 4 is 34.4 Å². The third-order valence-corrected chi connectivity index (χ3v) is 3.99. The number of carbonyl (C=O) groups is 1. The Labute approximate surface area is 96.5 Å². The van der Waals surface area contributed by atoms with Crippen molar-refractivity contribution in [2.24, 2.45) is 5.92 Å². The van der Waals surface area contributed by atoms with Crippen LogP contribution in [0.3, 0.4) is 0 Å². The Bertz CT molecular complexity index is 372. The number of carbonyl (C=O) groups excluding carboxylic acids is 1. The third-order valence-electron chi connectivity index (χ3n) is 2.55. The molecule has 1 aromatic rings. The Hall–Kier alpha value is -0.650. The Kier molecular flexibility index (Phi) is 2.95. The van der Waals surface area contributed by atoms with Crippen LogP contribution in [0.25, 0.3) is 0 Å². The van der Waals surface area contributed by atoms with Crippen molar-refractivity contribution in [3.8, 4) is 0 Å². The lowest BCUT2D eigenvalue weighted by Crippen LogP contribution is -2.20. The summed E-state index contributed by atoms with van der Waals surface area (Å²) >= 11 is 7.04. The molecule has 1 N–H and O–H groups in total. The SMILES string of the molecule is CC1CN(c2nc(Cl)c(C=O)s2)CC1O. The molecule has 1 fully saturated rings. The number of nitrogens with zero attached hydrogens (tertiary/aromatic N) is 2. The fourth-order valence-corrected chi connectivity index (χ4v) is 2.70. The molecule has 2 atom stereocenters. The van der Waals surface area contributed by atoms with Crippen LogP contribution in [-0.4, -0.2) is 35.6 Å². The highest BCUT2D eigenvalue weighted by Gasteiger charge is 2.29. The first-order valence-electron chi connectivity index (χ1n) is 4.66. The summed E-state index contributed by atoms with van der Waals surface area (Å²) in [7, 11) is 0. The van der Waals surface area contributed by atoms with E-state index in [-0.39, 0.29) is 17.2 Å². The van der Waals surface area contributed by atoms with Crippen molar-refractivity contribution in [2.45, 2.75) is 13.0 Å². The molecule has 1 aromatic heterocycles. The van der Waals surface area contributed by atoms with Crippen LogP contribution in [0.15, 0.2) is 0 Å². The largest absolute Gasteiger partial charge is 0.391 e. The smallest absolute Gasteiger partial charge is 0.187 e. The maximum atomic E-state index is 10.6. The van der Waals surface area contributed by atoms with Crippen LogP contribution in [-0.2, 0) is 0 Å². The molecule has 0 bridgehead atoms. The standard InChI is InChI=1S/C9H11ClN2O2S/c1-5-2-12(3-6(5)14)9-11-8(10)7(4-13)15-9/h4-6,14H,2-3H2,1H3. The Morgan fingerprint density at radius 3 is 2.87 bits per heavy atom. The van der Waals surface area contributed by atoms with Gasteiger partial charge in [0.05, 0.1) is 6.10 Å². The topological polar surface area (TPSA) is 53.4 Å². The normalized spacial score (nSPS) is 25.9. The van der Waals surface area contributed by atoms with Gasteiger partial charge in [-0.15, -0.1) is 0 Å². The molecule has 2 unspecified atom stereocenters. The first-order valence-corrected chi connectivity index (χ1v) is 5.85. The predicted octanol–water partition coefficient (Wildman–Crippen LogP) is 1.43. The van der Waals surface area contributed by atoms with Crippen molar-refractivity contribution in [3.63, 3.8) is 0 Å². The highest BCUT2D eigenvalue weighted by molar-refractivity contribution is 7.17. The number of hydrogen-bond acceptors (Lipinski definition) is 5. The van der Waals surface area contributed by atoms with E-state index in [0.717, 1.165) is 6.54 Å². The summed E-state index contributed by atoms with van der Waals surface area (Å²) in [6.45, 7) is 3.30. The maximum Gasteiger partial charge on any atom is 0.187 e. The van der Waals surface area contributed by atoms with Gasteiger partial charge in [-0.25, -0.2) is 4.98 Å². The molecule has 1 aliphatic heterocycles. The minimum atomic E-state index is -0.327. The molecule has 1 saturated heterocycles. The van der Waals surface area contributed by atoms with Crippen molar-refractivity contribution in [3.05, 3.63) is 10.0 Å². The number of aliphatic hydroxyl groups excluding tert-OH is 1. The zero-order valence-electron chi connectivity index (χ0n) is 8.18. The highest BCUT2D eigenvalue weighted by Crippen LogP contribution is 2.31. The summed E-state index contributed by atoms with van der Waals surface area (Å²) in [5, 5.41) is 10.6. The molecular weight excluding hydrogens is 236 g/mol. The van der Waals surface area contributed by atoms with E-state index in [0.29, 0.717) is 22.8 Å². The minimum Gasteiger partial charge on any atom is -0.391 e. The van der Waals surface area contributed by atoms with E-state index in [1.54, 1.807) is 0 Å². The zero-order chi connectivity index (χ0) is 11.0. The van der Waals surface area contributed by atoms with Gasteiger partial charge >= 0.3 is 0 Å². The summed E-state index contributed by atoms with van der Waals surface area (Å²) in [4.78, 5) is 17.1. The van der Waals surface area contributed by atoms with Crippen molar-refractivity contribution in [1.82, 2.24) is 4.98 Å². The van der Waals surface area contributed by atoms with E-state index in [9.17, 15) is 9.90 Å². The third kappa shape index (κ3) is 2.00. The monoisotopic (exact) mass is 246 g/mol. The molecule has 2 heterocycles. The van der Waals surface area contributed by atoms with Gasteiger partial charge in [0.25, 0.3) is 0 Å². The first kappa shape index (κ1) is 10.9. The van der Waals surface area contributed by atoms with E-state index >= 15 is 0 Å². The van der Waals surface area contributed by atoms with Crippen LogP contribution in [0.1, 0.15) is 16.6 Å². The summed E-state index contributed by atoms with van der Waals surface area (Å²) in [6.07, 6.45) is 0.381. The molecule has 0 aromatic carbocycles. The van der Waals surface area contributed by atoms with E-state index in [1.807, 2.05) is 11.8 Å². The van der Waals surface area contributed by atoms with Gasteiger partial charge in [-0.05, 0) is 0 Å². The van der Waals surface area contributed by atoms with Crippen LogP contribution in [0.2, 0.25) is 5.15 Å². The Morgan fingerprint density at radius 1 is 1.67 bits per heavy atom. The molecule has 2 rings (SSSR count). The molecule has 0 spiro atoms. The quantitative estimate of drug-likeness (QED) is 0.802. The van der Waals surface area contributed by atoms with Crippen molar-refractivity contribution in [2.75, 3.05) is 18.0 Å². The lowest BCUT2D eigenvalue weighted by atomic mass is 10.1. The first-order chi connectivity index (χ1) is 7.11. The van der Waals surface area contributed by atoms with Gasteiger partial charge in [0.1, 0.15) is 4.88 Å². The number of rotatable bonds is 2. The van der Waals surface area contributed by atoms with Crippen LogP contribution in [0, 0.1) is 5.92 Å². The van der Waals surface area contributed by atoms with Gasteiger partial charge in [0.15, 0.2) is 16.6 Å². The van der Waals surface area contributed by atoms with E-state index in [2.05, 4.69) is 4.98 Å². The van der Waals surface area contributed by atoms with Crippen LogP contribution >= 0.6 is 22.9 Å². The lowest BCUT2D eigenvalue weighted by Gasteiger charge is -2.12. The second-order valence-corrected chi connectivity index (χ2v) is 5.09. The van der Waals surface area contributed by atoms with E-state index in [1.165, 1.54) is 11.3 Å². The second kappa shape index (κ2) is 4.08. The van der Waals surface area contributed by atoms with Crippen molar-refractivity contribution in [1.29, 1.82) is 0 Å². The van der Waals surface area contributed by atoms with Gasteiger partial charge in [-0.3, -0.25) is 4.79 Å². The van der Waals surface area contributed by atoms with Crippen LogP contribution in [0.4, 0.5) is 5.13 Å². The number of aldehydes is 1. The van der Waals surface area contributed by atoms with Crippen LogP contribution in [0.5, 0.6) is 0 Å². The molecule has 1 aliphatic rings. The number of aromatic nitrogens is 1. The van der Waals surface area contributed by atoms with Gasteiger partial charge in [0, 0.05) is 19.0 Å². The average molecular weight is 247 g/mol. The van der Waals surface area contributed by atoms with Gasteiger partial charge in [0.2, 0.25) is 0 Å². The molecule has 6 heteroatoms. The molecule has 0 radical (unpaired) electrons. The number of thiazole rings is 1. The zero-order valence-corrected chi connectivity index (χ0v) is 9.75. The number of aliphatic hydroxyl groups is 1. The van der Waals surface area contributed by atoms with E-state index in [4.69, 9.17) is 11.6 Å². The Morgan fingerprint density at radius 2 is 2.40 bits per heavy atom. The second-order valence-electron chi connectivity index (χ2n) is 3.72. The highest BCUT2D eigenvalue weighted by atomic mass is 35.5. The fourth-order valence-electron chi connectivity index (χ4n) is 1.62. The summed E-state index contributed by atoms with van der Waals surface area (Å²) in [6, 6.07) is 0. The molecule has 0 amide bonds. The number of halogens is 1. The molecule has 0 saturated carbocycles. The Balaban J connectivity index is 2.20. The molecule has 4 nitrogen and oxygen atoms in total. The van der Waals surface area contributed by atoms with Crippen molar-refractivity contribution < 1.29 is 9.90 Å². The molecule has 0 aliphatic carbocycles. The number of β-amino-alcohol motifs (C(OH)–C–C–N with tert-alkyl or cyclic N) is 1. The lowest BCUT2D eigenvalue weighted by molar-refractivity contribution is 0.112. The summed E-state index contributed by atoms with van der Waals surface area (Å²) in [5.74, 6) is 0.229.